The highest BCUT2D eigenvalue weighted by atomic mass is 15.4. The van der Waals surface area contributed by atoms with Crippen molar-refractivity contribution in [2.75, 3.05) is 13.1 Å². The quantitative estimate of drug-likeness (QED) is 0.627. The summed E-state index contributed by atoms with van der Waals surface area (Å²) in [6, 6.07) is 0. The molecule has 0 aromatic carbocycles. The summed E-state index contributed by atoms with van der Waals surface area (Å²) in [7, 11) is 0. The van der Waals surface area contributed by atoms with E-state index in [-0.39, 0.29) is 0 Å². The first kappa shape index (κ1) is 7.90. The van der Waals surface area contributed by atoms with Crippen LogP contribution < -0.4 is 5.73 Å². The van der Waals surface area contributed by atoms with Crippen LogP contribution in [0.2, 0.25) is 0 Å². The molecule has 1 spiro atoms. The number of guanidine groups is 1. The van der Waals surface area contributed by atoms with E-state index in [2.05, 4.69) is 23.7 Å². The summed E-state index contributed by atoms with van der Waals surface area (Å²) in [5, 5.41) is 0. The standard InChI is InChI=1S/C9H17N3/c1-3-12-8(10)11-6-9(12)5-4-7(9)2/h7H,3-6H2,1-2H3,(H2,10,11). The van der Waals surface area contributed by atoms with Crippen LogP contribution in [0.25, 0.3) is 0 Å². The normalized spacial score (nSPS) is 40.0. The largest absolute Gasteiger partial charge is 0.370 e. The molecule has 0 bridgehead atoms. The third kappa shape index (κ3) is 0.740. The second kappa shape index (κ2) is 2.38. The Morgan fingerprint density at radius 3 is 2.83 bits per heavy atom. The zero-order valence-electron chi connectivity index (χ0n) is 7.88. The van der Waals surface area contributed by atoms with Crippen molar-refractivity contribution in [1.29, 1.82) is 0 Å². The summed E-state index contributed by atoms with van der Waals surface area (Å²) >= 11 is 0. The maximum atomic E-state index is 5.81. The molecule has 1 heterocycles. The lowest BCUT2D eigenvalue weighted by Gasteiger charge is -2.51. The van der Waals surface area contributed by atoms with E-state index in [0.29, 0.717) is 5.54 Å². The molecule has 3 nitrogen and oxygen atoms in total. The minimum Gasteiger partial charge on any atom is -0.370 e. The van der Waals surface area contributed by atoms with Crippen LogP contribution in [0.1, 0.15) is 26.7 Å². The average molecular weight is 167 g/mol. The van der Waals surface area contributed by atoms with Gasteiger partial charge in [-0.3, -0.25) is 4.99 Å². The van der Waals surface area contributed by atoms with Gasteiger partial charge in [-0.15, -0.1) is 0 Å². The Balaban J connectivity index is 2.19. The van der Waals surface area contributed by atoms with E-state index >= 15 is 0 Å². The number of rotatable bonds is 1. The third-order valence-electron chi connectivity index (χ3n) is 3.57. The van der Waals surface area contributed by atoms with Crippen LogP contribution in [0.5, 0.6) is 0 Å². The number of likely N-dealkylation sites (N-methyl/N-ethyl adjacent to an activating group) is 1. The Labute approximate surface area is 73.6 Å². The Morgan fingerprint density at radius 1 is 1.75 bits per heavy atom. The van der Waals surface area contributed by atoms with Crippen LogP contribution in [0.4, 0.5) is 0 Å². The first-order valence-electron chi connectivity index (χ1n) is 4.78. The van der Waals surface area contributed by atoms with E-state index in [1.165, 1.54) is 12.8 Å². The summed E-state index contributed by atoms with van der Waals surface area (Å²) in [6.07, 6.45) is 2.60. The molecule has 0 saturated heterocycles. The van der Waals surface area contributed by atoms with Crippen molar-refractivity contribution >= 4 is 5.96 Å². The Bertz CT molecular complexity index is 224. The van der Waals surface area contributed by atoms with Gasteiger partial charge in [-0.05, 0) is 25.7 Å². The monoisotopic (exact) mass is 167 g/mol. The lowest BCUT2D eigenvalue weighted by atomic mass is 9.67. The van der Waals surface area contributed by atoms with Gasteiger partial charge in [0.25, 0.3) is 0 Å². The average Bonchev–Trinajstić information content (AvgIpc) is 2.42. The Kier molecular flexibility index (Phi) is 1.56. The van der Waals surface area contributed by atoms with Gasteiger partial charge in [0.05, 0.1) is 12.1 Å². The SMILES string of the molecule is CCN1C(N)=NCC12CCC2C. The zero-order chi connectivity index (χ0) is 8.77. The molecule has 0 aromatic heterocycles. The highest BCUT2D eigenvalue weighted by Gasteiger charge is 2.51. The van der Waals surface area contributed by atoms with E-state index in [0.717, 1.165) is 25.0 Å². The Morgan fingerprint density at radius 2 is 2.50 bits per heavy atom. The van der Waals surface area contributed by atoms with Crippen molar-refractivity contribution in [3.05, 3.63) is 0 Å². The fraction of sp³-hybridized carbons (Fsp3) is 0.889. The van der Waals surface area contributed by atoms with Crippen molar-refractivity contribution in [1.82, 2.24) is 4.90 Å². The lowest BCUT2D eigenvalue weighted by molar-refractivity contribution is 0.0355. The highest BCUT2D eigenvalue weighted by Crippen LogP contribution is 2.45. The van der Waals surface area contributed by atoms with Gasteiger partial charge in [0.2, 0.25) is 0 Å². The molecule has 0 aromatic rings. The summed E-state index contributed by atoms with van der Waals surface area (Å²) in [6.45, 7) is 6.38. The molecule has 0 amide bonds. The van der Waals surface area contributed by atoms with E-state index in [9.17, 15) is 0 Å². The van der Waals surface area contributed by atoms with Gasteiger partial charge in [-0.2, -0.15) is 0 Å². The van der Waals surface area contributed by atoms with Crippen LogP contribution in [0.3, 0.4) is 0 Å². The number of nitrogens with zero attached hydrogens (tertiary/aromatic N) is 2. The second-order valence-electron chi connectivity index (χ2n) is 3.96. The fourth-order valence-electron chi connectivity index (χ4n) is 2.50. The minimum absolute atomic E-state index is 0.318. The van der Waals surface area contributed by atoms with E-state index in [1.54, 1.807) is 0 Å². The predicted molar refractivity (Wildman–Crippen MR) is 50.0 cm³/mol. The summed E-state index contributed by atoms with van der Waals surface area (Å²) in [4.78, 5) is 6.61. The zero-order valence-corrected chi connectivity index (χ0v) is 7.88. The summed E-state index contributed by atoms with van der Waals surface area (Å²) in [5.41, 5.74) is 6.13. The van der Waals surface area contributed by atoms with Crippen LogP contribution in [-0.4, -0.2) is 29.5 Å². The van der Waals surface area contributed by atoms with Gasteiger partial charge < -0.3 is 10.6 Å². The number of hydrogen-bond donors (Lipinski definition) is 1. The van der Waals surface area contributed by atoms with Crippen LogP contribution in [0, 0.1) is 5.92 Å². The second-order valence-corrected chi connectivity index (χ2v) is 3.96. The predicted octanol–water partition coefficient (Wildman–Crippen LogP) is 0.805. The van der Waals surface area contributed by atoms with Gasteiger partial charge >= 0.3 is 0 Å². The molecule has 3 heteroatoms. The molecule has 2 atom stereocenters. The maximum absolute atomic E-state index is 5.81. The highest BCUT2D eigenvalue weighted by molar-refractivity contribution is 5.81. The first-order chi connectivity index (χ1) is 5.70. The maximum Gasteiger partial charge on any atom is 0.191 e. The molecule has 2 N–H and O–H groups in total. The van der Waals surface area contributed by atoms with E-state index < -0.39 is 0 Å². The van der Waals surface area contributed by atoms with Crippen molar-refractivity contribution < 1.29 is 0 Å². The topological polar surface area (TPSA) is 41.6 Å². The van der Waals surface area contributed by atoms with E-state index in [1.807, 2.05) is 0 Å². The molecule has 68 valence electrons. The number of aliphatic imine (C=N–C) groups is 1. The molecular formula is C9H17N3. The molecule has 1 saturated carbocycles. The molecule has 1 aliphatic heterocycles. The lowest BCUT2D eigenvalue weighted by Crippen LogP contribution is -2.60. The summed E-state index contributed by atoms with van der Waals surface area (Å²) < 4.78 is 0. The van der Waals surface area contributed by atoms with Crippen molar-refractivity contribution in [3.8, 4) is 0 Å². The summed E-state index contributed by atoms with van der Waals surface area (Å²) in [5.74, 6) is 1.52. The van der Waals surface area contributed by atoms with Gasteiger partial charge in [-0.1, -0.05) is 6.92 Å². The van der Waals surface area contributed by atoms with Crippen LogP contribution in [-0.2, 0) is 0 Å². The minimum atomic E-state index is 0.318. The first-order valence-corrected chi connectivity index (χ1v) is 4.78. The van der Waals surface area contributed by atoms with Gasteiger partial charge in [0.15, 0.2) is 5.96 Å². The molecule has 0 radical (unpaired) electrons. The van der Waals surface area contributed by atoms with Crippen molar-refractivity contribution in [3.63, 3.8) is 0 Å². The van der Waals surface area contributed by atoms with Gasteiger partial charge in [-0.25, -0.2) is 0 Å². The third-order valence-corrected chi connectivity index (χ3v) is 3.57. The van der Waals surface area contributed by atoms with Crippen molar-refractivity contribution in [2.24, 2.45) is 16.6 Å². The molecule has 2 unspecified atom stereocenters. The smallest absolute Gasteiger partial charge is 0.191 e. The number of nitrogens with two attached hydrogens (primary N) is 1. The molecular weight excluding hydrogens is 150 g/mol. The van der Waals surface area contributed by atoms with Crippen LogP contribution >= 0.6 is 0 Å². The molecule has 1 fully saturated rings. The fourth-order valence-corrected chi connectivity index (χ4v) is 2.50. The van der Waals surface area contributed by atoms with Crippen molar-refractivity contribution in [2.45, 2.75) is 32.2 Å². The molecule has 2 rings (SSSR count). The molecule has 1 aliphatic carbocycles. The number of hydrogen-bond acceptors (Lipinski definition) is 3. The van der Waals surface area contributed by atoms with E-state index in [4.69, 9.17) is 5.73 Å². The van der Waals surface area contributed by atoms with Crippen LogP contribution in [0.15, 0.2) is 4.99 Å². The van der Waals surface area contributed by atoms with Gasteiger partial charge in [0.1, 0.15) is 0 Å². The Hall–Kier alpha value is -0.730. The molecule has 12 heavy (non-hydrogen) atoms. The van der Waals surface area contributed by atoms with Gasteiger partial charge in [0, 0.05) is 6.54 Å². The molecule has 2 aliphatic rings.